The van der Waals surface area contributed by atoms with Gasteiger partial charge in [0.2, 0.25) is 0 Å². The summed E-state index contributed by atoms with van der Waals surface area (Å²) >= 11 is 5.96. The number of hydrogen-bond acceptors (Lipinski definition) is 4. The second-order valence-corrected chi connectivity index (χ2v) is 6.04. The monoisotopic (exact) mass is 312 g/mol. The van der Waals surface area contributed by atoms with Crippen LogP contribution in [0.25, 0.3) is 0 Å². The van der Waals surface area contributed by atoms with Crippen LogP contribution in [-0.2, 0) is 20.7 Å². The minimum absolute atomic E-state index is 0.0528. The molecule has 4 nitrogen and oxygen atoms in total. The number of carbonyl (C=O) groups excluding carboxylic acids is 2. The van der Waals surface area contributed by atoms with Gasteiger partial charge in [0.25, 0.3) is 0 Å². The number of carbonyl (C=O) groups is 2. The molecule has 0 bridgehead atoms. The van der Waals surface area contributed by atoms with Gasteiger partial charge in [0.05, 0.1) is 19.1 Å². The molecule has 1 rings (SSSR count). The molecule has 0 spiro atoms. The van der Waals surface area contributed by atoms with E-state index in [1.165, 1.54) is 14.0 Å². The molecule has 0 aliphatic rings. The first-order valence-corrected chi connectivity index (χ1v) is 7.13. The second kappa shape index (κ2) is 7.46. The van der Waals surface area contributed by atoms with Crippen molar-refractivity contribution < 1.29 is 19.1 Å². The van der Waals surface area contributed by atoms with Gasteiger partial charge in [0.1, 0.15) is 11.5 Å². The molecule has 0 unspecified atom stereocenters. The molecule has 0 aromatic heterocycles. The Bertz CT molecular complexity index is 523. The molecule has 0 atom stereocenters. The molecule has 1 aromatic carbocycles. The van der Waals surface area contributed by atoms with Gasteiger partial charge in [-0.25, -0.2) is 0 Å². The fraction of sp³-hybridized carbons (Fsp3) is 0.500. The maximum absolute atomic E-state index is 11.6. The van der Waals surface area contributed by atoms with E-state index < -0.39 is 5.41 Å². The Morgan fingerprint density at radius 3 is 2.52 bits per heavy atom. The smallest absolute Gasteiger partial charge is 0.311 e. The zero-order chi connectivity index (χ0) is 16.0. The highest BCUT2D eigenvalue weighted by Gasteiger charge is 2.28. The van der Waals surface area contributed by atoms with Crippen LogP contribution in [0.5, 0.6) is 5.75 Å². The van der Waals surface area contributed by atoms with E-state index in [2.05, 4.69) is 0 Å². The molecule has 0 heterocycles. The average molecular weight is 313 g/mol. The lowest BCUT2D eigenvalue weighted by atomic mass is 9.90. The summed E-state index contributed by atoms with van der Waals surface area (Å²) in [6, 6.07) is 5.20. The summed E-state index contributed by atoms with van der Waals surface area (Å²) in [5.41, 5.74) is 0.177. The first kappa shape index (κ1) is 17.5. The molecule has 21 heavy (non-hydrogen) atoms. The maximum Gasteiger partial charge on any atom is 0.311 e. The zero-order valence-corrected chi connectivity index (χ0v) is 13.6. The topological polar surface area (TPSA) is 52.6 Å². The van der Waals surface area contributed by atoms with Crippen molar-refractivity contribution in [2.24, 2.45) is 5.41 Å². The number of halogens is 1. The van der Waals surface area contributed by atoms with Crippen LogP contribution in [0.2, 0.25) is 5.02 Å². The number of benzene rings is 1. The Hall–Kier alpha value is -1.55. The molecule has 1 aromatic rings. The molecular formula is C16H21ClO4. The summed E-state index contributed by atoms with van der Waals surface area (Å²) in [5.74, 6) is 0.358. The minimum Gasteiger partial charge on any atom is -0.493 e. The third-order valence-corrected chi connectivity index (χ3v) is 3.43. The largest absolute Gasteiger partial charge is 0.493 e. The van der Waals surface area contributed by atoms with E-state index in [0.717, 1.165) is 5.56 Å². The van der Waals surface area contributed by atoms with Crippen molar-refractivity contribution in [2.45, 2.75) is 33.6 Å². The van der Waals surface area contributed by atoms with Gasteiger partial charge in [-0.2, -0.15) is 0 Å². The number of rotatable bonds is 7. The van der Waals surface area contributed by atoms with Gasteiger partial charge in [0.15, 0.2) is 0 Å². The van der Waals surface area contributed by atoms with Crippen molar-refractivity contribution in [3.8, 4) is 5.75 Å². The summed E-state index contributed by atoms with van der Waals surface area (Å²) in [5, 5.41) is 0.546. The molecule has 0 saturated carbocycles. The van der Waals surface area contributed by atoms with E-state index in [-0.39, 0.29) is 11.8 Å². The molecule has 0 aliphatic heterocycles. The molecule has 0 N–H and O–H groups in total. The summed E-state index contributed by atoms with van der Waals surface area (Å²) in [4.78, 5) is 22.9. The Kier molecular flexibility index (Phi) is 6.21. The van der Waals surface area contributed by atoms with Gasteiger partial charge in [-0.3, -0.25) is 9.59 Å². The predicted octanol–water partition coefficient (Wildman–Crippen LogP) is 3.44. The molecule has 0 radical (unpaired) electrons. The Labute approximate surface area is 130 Å². The van der Waals surface area contributed by atoms with Crippen LogP contribution in [0.15, 0.2) is 18.2 Å². The van der Waals surface area contributed by atoms with Crippen molar-refractivity contribution in [1.82, 2.24) is 0 Å². The normalized spacial score (nSPS) is 11.1. The lowest BCUT2D eigenvalue weighted by Gasteiger charge is -2.21. The molecule has 116 valence electrons. The van der Waals surface area contributed by atoms with Crippen molar-refractivity contribution in [2.75, 3.05) is 13.7 Å². The van der Waals surface area contributed by atoms with Crippen LogP contribution in [0.3, 0.4) is 0 Å². The molecular weight excluding hydrogens is 292 g/mol. The second-order valence-electron chi connectivity index (χ2n) is 5.60. The van der Waals surface area contributed by atoms with Crippen LogP contribution < -0.4 is 4.74 Å². The van der Waals surface area contributed by atoms with E-state index in [1.54, 1.807) is 32.0 Å². The zero-order valence-electron chi connectivity index (χ0n) is 12.9. The number of hydrogen-bond donors (Lipinski definition) is 0. The molecule has 0 saturated heterocycles. The number of ketones is 1. The fourth-order valence-electron chi connectivity index (χ4n) is 1.87. The van der Waals surface area contributed by atoms with Crippen molar-refractivity contribution >= 4 is 23.4 Å². The molecule has 0 aliphatic carbocycles. The van der Waals surface area contributed by atoms with Crippen molar-refractivity contribution in [1.29, 1.82) is 0 Å². The molecule has 0 fully saturated rings. The van der Waals surface area contributed by atoms with Gasteiger partial charge >= 0.3 is 5.97 Å². The number of esters is 1. The van der Waals surface area contributed by atoms with Crippen molar-refractivity contribution in [3.63, 3.8) is 0 Å². The first-order chi connectivity index (χ1) is 9.76. The lowest BCUT2D eigenvalue weighted by molar-refractivity contribution is -0.151. The van der Waals surface area contributed by atoms with E-state index in [9.17, 15) is 9.59 Å². The SMILES string of the molecule is COC(=O)C(C)(C)CCOc1cc(Cl)ccc1CC(C)=O. The summed E-state index contributed by atoms with van der Waals surface area (Å²) in [6.07, 6.45) is 0.804. The summed E-state index contributed by atoms with van der Waals surface area (Å²) in [7, 11) is 1.37. The van der Waals surface area contributed by atoms with Crippen LogP contribution in [-0.4, -0.2) is 25.5 Å². The van der Waals surface area contributed by atoms with Crippen LogP contribution in [0.1, 0.15) is 32.8 Å². The third-order valence-electron chi connectivity index (χ3n) is 3.19. The van der Waals surface area contributed by atoms with Gasteiger partial charge in [-0.1, -0.05) is 17.7 Å². The summed E-state index contributed by atoms with van der Waals surface area (Å²) in [6.45, 7) is 5.47. The van der Waals surface area contributed by atoms with Gasteiger partial charge in [-0.15, -0.1) is 0 Å². The maximum atomic E-state index is 11.6. The van der Waals surface area contributed by atoms with Gasteiger partial charge in [0, 0.05) is 17.0 Å². The van der Waals surface area contributed by atoms with E-state index in [1.807, 2.05) is 0 Å². The molecule has 0 amide bonds. The standard InChI is InChI=1S/C16H21ClO4/c1-11(18)9-12-5-6-13(17)10-14(12)21-8-7-16(2,3)15(19)20-4/h5-6,10H,7-9H2,1-4H3. The predicted molar refractivity (Wildman–Crippen MR) is 81.7 cm³/mol. The number of Topliss-reactive ketones (excluding diaryl/α,β-unsaturated/α-hetero) is 1. The van der Waals surface area contributed by atoms with E-state index >= 15 is 0 Å². The Morgan fingerprint density at radius 1 is 1.29 bits per heavy atom. The van der Waals surface area contributed by atoms with Crippen molar-refractivity contribution in [3.05, 3.63) is 28.8 Å². The Balaban J connectivity index is 2.72. The number of methoxy groups -OCH3 is 1. The van der Waals surface area contributed by atoms with E-state index in [0.29, 0.717) is 30.2 Å². The quantitative estimate of drug-likeness (QED) is 0.724. The highest BCUT2D eigenvalue weighted by atomic mass is 35.5. The van der Waals surface area contributed by atoms with Crippen LogP contribution in [0.4, 0.5) is 0 Å². The average Bonchev–Trinajstić information content (AvgIpc) is 2.40. The van der Waals surface area contributed by atoms with Crippen LogP contribution in [0, 0.1) is 5.41 Å². The highest BCUT2D eigenvalue weighted by Crippen LogP contribution is 2.27. The minimum atomic E-state index is -0.617. The molecule has 5 heteroatoms. The van der Waals surface area contributed by atoms with E-state index in [4.69, 9.17) is 21.1 Å². The first-order valence-electron chi connectivity index (χ1n) is 6.75. The van der Waals surface area contributed by atoms with Crippen LogP contribution >= 0.6 is 11.6 Å². The Morgan fingerprint density at radius 2 is 1.95 bits per heavy atom. The highest BCUT2D eigenvalue weighted by molar-refractivity contribution is 6.30. The summed E-state index contributed by atoms with van der Waals surface area (Å²) < 4.78 is 10.5. The third kappa shape index (κ3) is 5.38. The fourth-order valence-corrected chi connectivity index (χ4v) is 2.03. The van der Waals surface area contributed by atoms with Gasteiger partial charge < -0.3 is 9.47 Å². The van der Waals surface area contributed by atoms with Gasteiger partial charge in [-0.05, 0) is 39.3 Å². The number of ether oxygens (including phenoxy) is 2. The lowest BCUT2D eigenvalue weighted by Crippen LogP contribution is -2.27.